The lowest BCUT2D eigenvalue weighted by Gasteiger charge is -2.08. The van der Waals surface area contributed by atoms with Gasteiger partial charge < -0.3 is 24.5 Å². The van der Waals surface area contributed by atoms with Gasteiger partial charge in [0.1, 0.15) is 17.2 Å². The SMILES string of the molecule is COc1cccc(CNCc2c(C(=O)O)n(C)c3cc(OC)ccc23)c1. The first-order valence-electron chi connectivity index (χ1n) is 8.27. The van der Waals surface area contributed by atoms with Crippen molar-refractivity contribution in [3.05, 3.63) is 59.3 Å². The number of hydrogen-bond acceptors (Lipinski definition) is 4. The summed E-state index contributed by atoms with van der Waals surface area (Å²) in [6.45, 7) is 1.06. The maximum absolute atomic E-state index is 11.8. The Morgan fingerprint density at radius 1 is 1.08 bits per heavy atom. The fourth-order valence-electron chi connectivity index (χ4n) is 3.19. The predicted molar refractivity (Wildman–Crippen MR) is 100.0 cm³/mol. The van der Waals surface area contributed by atoms with Gasteiger partial charge in [0, 0.05) is 37.2 Å². The molecule has 0 bridgehead atoms. The number of rotatable bonds is 7. The summed E-state index contributed by atoms with van der Waals surface area (Å²) in [6.07, 6.45) is 0. The van der Waals surface area contributed by atoms with Gasteiger partial charge in [0.15, 0.2) is 0 Å². The highest BCUT2D eigenvalue weighted by molar-refractivity contribution is 5.98. The molecule has 26 heavy (non-hydrogen) atoms. The van der Waals surface area contributed by atoms with Gasteiger partial charge in [-0.2, -0.15) is 0 Å². The average Bonchev–Trinajstić information content (AvgIpc) is 2.93. The highest BCUT2D eigenvalue weighted by Crippen LogP contribution is 2.29. The molecule has 0 saturated heterocycles. The first-order valence-corrected chi connectivity index (χ1v) is 8.27. The van der Waals surface area contributed by atoms with Crippen LogP contribution in [-0.2, 0) is 20.1 Å². The molecule has 0 saturated carbocycles. The molecule has 0 aliphatic heterocycles. The lowest BCUT2D eigenvalue weighted by Crippen LogP contribution is -2.16. The Balaban J connectivity index is 1.88. The first kappa shape index (κ1) is 17.8. The number of nitrogens with zero attached hydrogens (tertiary/aromatic N) is 1. The summed E-state index contributed by atoms with van der Waals surface area (Å²) in [5, 5.41) is 13.9. The number of carboxylic acids is 1. The number of aryl methyl sites for hydroxylation is 1. The van der Waals surface area contributed by atoms with Gasteiger partial charge >= 0.3 is 5.97 Å². The lowest BCUT2D eigenvalue weighted by atomic mass is 10.1. The summed E-state index contributed by atoms with van der Waals surface area (Å²) in [4.78, 5) is 11.8. The molecule has 0 aliphatic carbocycles. The predicted octanol–water partition coefficient (Wildman–Crippen LogP) is 3.18. The van der Waals surface area contributed by atoms with Crippen LogP contribution in [0.2, 0.25) is 0 Å². The van der Waals surface area contributed by atoms with Crippen LogP contribution in [0.1, 0.15) is 21.6 Å². The van der Waals surface area contributed by atoms with Gasteiger partial charge in [-0.3, -0.25) is 0 Å². The van der Waals surface area contributed by atoms with E-state index in [9.17, 15) is 9.90 Å². The van der Waals surface area contributed by atoms with Gasteiger partial charge in [0.05, 0.1) is 19.7 Å². The number of aromatic nitrogens is 1. The van der Waals surface area contributed by atoms with Gasteiger partial charge in [-0.05, 0) is 29.8 Å². The number of nitrogens with one attached hydrogen (secondary N) is 1. The molecule has 0 spiro atoms. The molecule has 136 valence electrons. The molecular formula is C20H22N2O4. The number of benzene rings is 2. The highest BCUT2D eigenvalue weighted by atomic mass is 16.5. The smallest absolute Gasteiger partial charge is 0.352 e. The Labute approximate surface area is 152 Å². The number of hydrogen-bond donors (Lipinski definition) is 2. The third kappa shape index (κ3) is 3.36. The molecule has 0 radical (unpaired) electrons. The molecule has 1 aromatic heterocycles. The third-order valence-electron chi connectivity index (χ3n) is 4.48. The third-order valence-corrected chi connectivity index (χ3v) is 4.48. The normalized spacial score (nSPS) is 10.9. The van der Waals surface area contributed by atoms with Crippen molar-refractivity contribution < 1.29 is 19.4 Å². The fraction of sp³-hybridized carbons (Fsp3) is 0.250. The van der Waals surface area contributed by atoms with Crippen molar-refractivity contribution in [2.75, 3.05) is 14.2 Å². The maximum Gasteiger partial charge on any atom is 0.352 e. The van der Waals surface area contributed by atoms with Crippen molar-refractivity contribution in [1.82, 2.24) is 9.88 Å². The van der Waals surface area contributed by atoms with Crippen molar-refractivity contribution in [3.63, 3.8) is 0 Å². The van der Waals surface area contributed by atoms with Crippen LogP contribution in [0.5, 0.6) is 11.5 Å². The highest BCUT2D eigenvalue weighted by Gasteiger charge is 2.20. The zero-order valence-electron chi connectivity index (χ0n) is 15.1. The second kappa shape index (κ2) is 7.49. The Hall–Kier alpha value is -2.99. The zero-order chi connectivity index (χ0) is 18.7. The zero-order valence-corrected chi connectivity index (χ0v) is 15.1. The van der Waals surface area contributed by atoms with Crippen LogP contribution in [0.15, 0.2) is 42.5 Å². The lowest BCUT2D eigenvalue weighted by molar-refractivity contribution is 0.0685. The molecule has 6 nitrogen and oxygen atoms in total. The summed E-state index contributed by atoms with van der Waals surface area (Å²) in [7, 11) is 4.99. The van der Waals surface area contributed by atoms with E-state index < -0.39 is 5.97 Å². The standard InChI is InChI=1S/C20H22N2O4/c1-22-18-10-15(26-3)7-8-16(18)17(19(22)20(23)24)12-21-11-13-5-4-6-14(9-13)25-2/h4-10,21H,11-12H2,1-3H3,(H,23,24). The van der Waals surface area contributed by atoms with E-state index in [1.807, 2.05) is 42.5 Å². The quantitative estimate of drug-likeness (QED) is 0.682. The van der Waals surface area contributed by atoms with Gasteiger partial charge in [0.2, 0.25) is 0 Å². The van der Waals surface area contributed by atoms with Crippen molar-refractivity contribution in [2.24, 2.45) is 7.05 Å². The van der Waals surface area contributed by atoms with E-state index in [0.717, 1.165) is 27.8 Å². The van der Waals surface area contributed by atoms with Crippen LogP contribution >= 0.6 is 0 Å². The largest absolute Gasteiger partial charge is 0.497 e. The molecule has 3 aromatic rings. The molecule has 2 N–H and O–H groups in total. The number of carboxylic acid groups (broad SMARTS) is 1. The summed E-state index contributed by atoms with van der Waals surface area (Å²) in [5.41, 5.74) is 2.95. The average molecular weight is 354 g/mol. The fourth-order valence-corrected chi connectivity index (χ4v) is 3.19. The number of methoxy groups -OCH3 is 2. The summed E-state index contributed by atoms with van der Waals surface area (Å²) < 4.78 is 12.2. The van der Waals surface area contributed by atoms with E-state index in [1.54, 1.807) is 25.8 Å². The Bertz CT molecular complexity index is 946. The minimum atomic E-state index is -0.944. The minimum Gasteiger partial charge on any atom is -0.497 e. The second-order valence-corrected chi connectivity index (χ2v) is 6.03. The van der Waals surface area contributed by atoms with E-state index in [-0.39, 0.29) is 5.69 Å². The van der Waals surface area contributed by atoms with Gasteiger partial charge in [-0.1, -0.05) is 12.1 Å². The maximum atomic E-state index is 11.8. The van der Waals surface area contributed by atoms with E-state index in [2.05, 4.69) is 5.32 Å². The summed E-state index contributed by atoms with van der Waals surface area (Å²) in [6, 6.07) is 13.4. The van der Waals surface area contributed by atoms with Gasteiger partial charge in [-0.15, -0.1) is 0 Å². The first-order chi connectivity index (χ1) is 12.5. The molecule has 1 heterocycles. The monoisotopic (exact) mass is 354 g/mol. The van der Waals surface area contributed by atoms with Crippen LogP contribution in [0.25, 0.3) is 10.9 Å². The Morgan fingerprint density at radius 3 is 2.50 bits per heavy atom. The topological polar surface area (TPSA) is 72.7 Å². The molecule has 0 atom stereocenters. The molecule has 0 fully saturated rings. The van der Waals surface area contributed by atoms with Crippen molar-refractivity contribution in [2.45, 2.75) is 13.1 Å². The van der Waals surface area contributed by atoms with E-state index in [0.29, 0.717) is 18.8 Å². The number of carbonyl (C=O) groups is 1. The Kier molecular flexibility index (Phi) is 5.14. The minimum absolute atomic E-state index is 0.284. The molecule has 0 amide bonds. The van der Waals surface area contributed by atoms with Crippen molar-refractivity contribution in [1.29, 1.82) is 0 Å². The van der Waals surface area contributed by atoms with Crippen molar-refractivity contribution >= 4 is 16.9 Å². The van der Waals surface area contributed by atoms with E-state index in [1.165, 1.54) is 0 Å². The molecule has 2 aromatic carbocycles. The van der Waals surface area contributed by atoms with Crippen LogP contribution in [-0.4, -0.2) is 29.9 Å². The van der Waals surface area contributed by atoms with E-state index >= 15 is 0 Å². The number of aromatic carboxylic acids is 1. The molecule has 6 heteroatoms. The summed E-state index contributed by atoms with van der Waals surface area (Å²) in [5.74, 6) is 0.555. The van der Waals surface area contributed by atoms with E-state index in [4.69, 9.17) is 9.47 Å². The Morgan fingerprint density at radius 2 is 1.81 bits per heavy atom. The molecular weight excluding hydrogens is 332 g/mol. The van der Waals surface area contributed by atoms with Crippen LogP contribution in [0, 0.1) is 0 Å². The van der Waals surface area contributed by atoms with Crippen LogP contribution in [0.3, 0.4) is 0 Å². The number of ether oxygens (including phenoxy) is 2. The second-order valence-electron chi connectivity index (χ2n) is 6.03. The van der Waals surface area contributed by atoms with Gasteiger partial charge in [-0.25, -0.2) is 4.79 Å². The molecule has 0 aliphatic rings. The number of fused-ring (bicyclic) bond motifs is 1. The summed E-state index contributed by atoms with van der Waals surface area (Å²) >= 11 is 0. The van der Waals surface area contributed by atoms with Crippen molar-refractivity contribution in [3.8, 4) is 11.5 Å². The molecule has 0 unspecified atom stereocenters. The van der Waals surface area contributed by atoms with Gasteiger partial charge in [0.25, 0.3) is 0 Å². The van der Waals surface area contributed by atoms with Crippen LogP contribution < -0.4 is 14.8 Å². The molecule has 3 rings (SSSR count). The van der Waals surface area contributed by atoms with Crippen LogP contribution in [0.4, 0.5) is 0 Å².